The normalized spacial score (nSPS) is 20.4. The Balaban J connectivity index is 1.37. The van der Waals surface area contributed by atoms with Crippen LogP contribution in [0.15, 0.2) is 53.5 Å². The first-order chi connectivity index (χ1) is 14.0. The number of thioether (sulfide) groups is 1. The van der Waals surface area contributed by atoms with Gasteiger partial charge in [-0.3, -0.25) is 0 Å². The Morgan fingerprint density at radius 3 is 1.83 bits per heavy atom. The van der Waals surface area contributed by atoms with Crippen molar-refractivity contribution < 1.29 is 4.74 Å². The van der Waals surface area contributed by atoms with Crippen molar-refractivity contribution in [3.8, 4) is 5.75 Å². The number of hydrogen-bond donors (Lipinski definition) is 0. The van der Waals surface area contributed by atoms with Crippen molar-refractivity contribution in [3.63, 3.8) is 0 Å². The van der Waals surface area contributed by atoms with Gasteiger partial charge < -0.3 is 19.4 Å². The number of methoxy groups -OCH3 is 1. The number of aliphatic imine (C=N–C) groups is 1. The zero-order valence-corrected chi connectivity index (χ0v) is 18.6. The first kappa shape index (κ1) is 20.0. The first-order valence-corrected chi connectivity index (χ1v) is 11.1. The lowest BCUT2D eigenvalue weighted by Crippen LogP contribution is -2.46. The average molecular weight is 411 g/mol. The van der Waals surface area contributed by atoms with Gasteiger partial charge in [-0.2, -0.15) is 0 Å². The molecule has 2 saturated heterocycles. The van der Waals surface area contributed by atoms with Crippen LogP contribution in [0.4, 0.5) is 17.1 Å². The second-order valence-corrected chi connectivity index (χ2v) is 9.19. The van der Waals surface area contributed by atoms with Crippen LogP contribution >= 0.6 is 11.8 Å². The van der Waals surface area contributed by atoms with Gasteiger partial charge in [0.05, 0.1) is 12.8 Å². The molecule has 2 aromatic carbocycles. The van der Waals surface area contributed by atoms with Gasteiger partial charge >= 0.3 is 0 Å². The molecular formula is C23H30N4OS. The van der Waals surface area contributed by atoms with Crippen LogP contribution in [0.2, 0.25) is 0 Å². The number of rotatable bonds is 4. The molecule has 0 atom stereocenters. The molecule has 29 heavy (non-hydrogen) atoms. The van der Waals surface area contributed by atoms with E-state index in [2.05, 4.69) is 72.0 Å². The highest BCUT2D eigenvalue weighted by Crippen LogP contribution is 2.33. The fourth-order valence-corrected chi connectivity index (χ4v) is 4.95. The fraction of sp³-hybridized carbons (Fsp3) is 0.435. The van der Waals surface area contributed by atoms with E-state index in [1.807, 2.05) is 23.9 Å². The van der Waals surface area contributed by atoms with Gasteiger partial charge in [-0.1, -0.05) is 11.8 Å². The number of piperazine rings is 1. The monoisotopic (exact) mass is 410 g/mol. The van der Waals surface area contributed by atoms with Gasteiger partial charge in [0.1, 0.15) is 5.75 Å². The molecule has 0 bridgehead atoms. The molecule has 2 fully saturated rings. The molecular weight excluding hydrogens is 380 g/mol. The molecule has 6 heteroatoms. The van der Waals surface area contributed by atoms with Crippen LogP contribution in [0.3, 0.4) is 0 Å². The lowest BCUT2D eigenvalue weighted by molar-refractivity contribution is 0.304. The number of amidine groups is 1. The summed E-state index contributed by atoms with van der Waals surface area (Å²) in [6, 6.07) is 17.0. The molecule has 0 spiro atoms. The predicted octanol–water partition coefficient (Wildman–Crippen LogP) is 4.47. The largest absolute Gasteiger partial charge is 0.497 e. The Morgan fingerprint density at radius 2 is 1.38 bits per heavy atom. The number of ether oxygens (including phenoxy) is 1. The molecule has 5 nitrogen and oxygen atoms in total. The number of anilines is 2. The van der Waals surface area contributed by atoms with Crippen LogP contribution in [0.25, 0.3) is 0 Å². The third kappa shape index (κ3) is 4.32. The SMILES string of the molecule is COc1ccc(N2CCN(c3ccc(/N=C4/SCC(C)(C)N4C)cc3)CC2)cc1. The summed E-state index contributed by atoms with van der Waals surface area (Å²) in [7, 11) is 3.84. The van der Waals surface area contributed by atoms with Crippen LogP contribution in [-0.2, 0) is 0 Å². The first-order valence-electron chi connectivity index (χ1n) is 10.2. The Bertz CT molecular complexity index is 855. The number of hydrogen-bond acceptors (Lipinski definition) is 5. The molecule has 0 aromatic heterocycles. The van der Waals surface area contributed by atoms with E-state index in [0.717, 1.165) is 48.5 Å². The van der Waals surface area contributed by atoms with E-state index in [9.17, 15) is 0 Å². The second-order valence-electron chi connectivity index (χ2n) is 8.24. The van der Waals surface area contributed by atoms with Crippen molar-refractivity contribution >= 4 is 34.0 Å². The standard InChI is InChI=1S/C23H30N4OS/c1-23(2)17-29-22(25(23)3)24-18-5-7-19(8-6-18)26-13-15-27(16-14-26)20-9-11-21(28-4)12-10-20/h5-12H,13-17H2,1-4H3/b24-22+. The second kappa shape index (κ2) is 8.19. The molecule has 0 aliphatic carbocycles. The summed E-state index contributed by atoms with van der Waals surface area (Å²) in [6.45, 7) is 8.60. The Labute approximate surface area is 178 Å². The predicted molar refractivity (Wildman–Crippen MR) is 125 cm³/mol. The maximum absolute atomic E-state index is 5.26. The van der Waals surface area contributed by atoms with Crippen molar-refractivity contribution in [2.45, 2.75) is 19.4 Å². The van der Waals surface area contributed by atoms with E-state index in [0.29, 0.717) is 0 Å². The summed E-state index contributed by atoms with van der Waals surface area (Å²) in [5.74, 6) is 1.99. The van der Waals surface area contributed by atoms with Crippen LogP contribution < -0.4 is 14.5 Å². The van der Waals surface area contributed by atoms with Gasteiger partial charge in [0.25, 0.3) is 0 Å². The fourth-order valence-electron chi connectivity index (χ4n) is 3.67. The Hall–Kier alpha value is -2.34. The topological polar surface area (TPSA) is 31.3 Å². The maximum Gasteiger partial charge on any atom is 0.164 e. The highest BCUT2D eigenvalue weighted by molar-refractivity contribution is 8.14. The zero-order chi connectivity index (χ0) is 20.4. The molecule has 0 radical (unpaired) electrons. The van der Waals surface area contributed by atoms with Crippen LogP contribution in [0, 0.1) is 0 Å². The molecule has 0 saturated carbocycles. The summed E-state index contributed by atoms with van der Waals surface area (Å²) in [6.07, 6.45) is 0. The van der Waals surface area contributed by atoms with E-state index in [1.165, 1.54) is 11.4 Å². The molecule has 0 unspecified atom stereocenters. The van der Waals surface area contributed by atoms with Gasteiger partial charge in [-0.05, 0) is 62.4 Å². The lowest BCUT2D eigenvalue weighted by Gasteiger charge is -2.37. The minimum Gasteiger partial charge on any atom is -0.497 e. The molecule has 2 heterocycles. The van der Waals surface area contributed by atoms with E-state index in [1.54, 1.807) is 7.11 Å². The number of benzene rings is 2. The summed E-state index contributed by atoms with van der Waals surface area (Å²) >= 11 is 1.84. The molecule has 2 aliphatic heterocycles. The van der Waals surface area contributed by atoms with Gasteiger partial charge in [0.2, 0.25) is 0 Å². The number of nitrogens with zero attached hydrogens (tertiary/aromatic N) is 4. The van der Waals surface area contributed by atoms with E-state index >= 15 is 0 Å². The molecule has 2 aliphatic rings. The van der Waals surface area contributed by atoms with Gasteiger partial charge in [0, 0.05) is 55.9 Å². The highest BCUT2D eigenvalue weighted by Gasteiger charge is 2.33. The maximum atomic E-state index is 5.26. The zero-order valence-electron chi connectivity index (χ0n) is 17.8. The van der Waals surface area contributed by atoms with Crippen molar-refractivity contribution in [2.75, 3.05) is 55.9 Å². The molecule has 4 rings (SSSR count). The van der Waals surface area contributed by atoms with Crippen LogP contribution in [0.5, 0.6) is 5.75 Å². The van der Waals surface area contributed by atoms with E-state index in [-0.39, 0.29) is 5.54 Å². The molecule has 0 N–H and O–H groups in total. The average Bonchev–Trinajstić information content (AvgIpc) is 3.01. The third-order valence-corrected chi connectivity index (χ3v) is 7.38. The third-order valence-electron chi connectivity index (χ3n) is 5.91. The van der Waals surface area contributed by atoms with Crippen LogP contribution in [-0.4, -0.2) is 61.7 Å². The minimum absolute atomic E-state index is 0.174. The van der Waals surface area contributed by atoms with Crippen molar-refractivity contribution in [1.29, 1.82) is 0 Å². The minimum atomic E-state index is 0.174. The van der Waals surface area contributed by atoms with Crippen molar-refractivity contribution in [1.82, 2.24) is 4.90 Å². The molecule has 2 aromatic rings. The quantitative estimate of drug-likeness (QED) is 0.743. The summed E-state index contributed by atoms with van der Waals surface area (Å²) in [5.41, 5.74) is 3.74. The molecule has 154 valence electrons. The van der Waals surface area contributed by atoms with Crippen molar-refractivity contribution in [2.24, 2.45) is 4.99 Å². The summed E-state index contributed by atoms with van der Waals surface area (Å²) < 4.78 is 5.26. The van der Waals surface area contributed by atoms with E-state index < -0.39 is 0 Å². The summed E-state index contributed by atoms with van der Waals surface area (Å²) in [4.78, 5) is 12.0. The van der Waals surface area contributed by atoms with Crippen LogP contribution in [0.1, 0.15) is 13.8 Å². The van der Waals surface area contributed by atoms with Gasteiger partial charge in [-0.25, -0.2) is 4.99 Å². The lowest BCUT2D eigenvalue weighted by atomic mass is 10.1. The Kier molecular flexibility index (Phi) is 5.63. The van der Waals surface area contributed by atoms with Crippen molar-refractivity contribution in [3.05, 3.63) is 48.5 Å². The Morgan fingerprint density at radius 1 is 0.862 bits per heavy atom. The van der Waals surface area contributed by atoms with Gasteiger partial charge in [-0.15, -0.1) is 0 Å². The van der Waals surface area contributed by atoms with Gasteiger partial charge in [0.15, 0.2) is 5.17 Å². The smallest absolute Gasteiger partial charge is 0.164 e. The summed E-state index contributed by atoms with van der Waals surface area (Å²) in [5, 5.41) is 1.11. The highest BCUT2D eigenvalue weighted by atomic mass is 32.2. The molecule has 0 amide bonds. The van der Waals surface area contributed by atoms with E-state index in [4.69, 9.17) is 9.73 Å².